The van der Waals surface area contributed by atoms with Crippen LogP contribution in [0.1, 0.15) is 24.1 Å². The van der Waals surface area contributed by atoms with E-state index in [0.717, 1.165) is 17.7 Å². The SMILES string of the molecule is CC(Nc1nccc(Nc2ccc(C(F)(F)F)cc2)n1)c1ccccc1. The van der Waals surface area contributed by atoms with E-state index >= 15 is 0 Å². The Morgan fingerprint density at radius 2 is 1.62 bits per heavy atom. The molecule has 3 rings (SSSR count). The fourth-order valence-corrected chi connectivity index (χ4v) is 2.41. The molecule has 0 aliphatic heterocycles. The summed E-state index contributed by atoms with van der Waals surface area (Å²) < 4.78 is 37.8. The number of nitrogens with zero attached hydrogens (tertiary/aromatic N) is 2. The minimum Gasteiger partial charge on any atom is -0.348 e. The summed E-state index contributed by atoms with van der Waals surface area (Å²) in [4.78, 5) is 8.53. The molecule has 134 valence electrons. The molecule has 0 saturated heterocycles. The van der Waals surface area contributed by atoms with Crippen molar-refractivity contribution < 1.29 is 13.2 Å². The maximum absolute atomic E-state index is 12.6. The van der Waals surface area contributed by atoms with Gasteiger partial charge in [0.2, 0.25) is 5.95 Å². The van der Waals surface area contributed by atoms with Gasteiger partial charge < -0.3 is 10.6 Å². The van der Waals surface area contributed by atoms with E-state index in [2.05, 4.69) is 20.6 Å². The molecule has 0 saturated carbocycles. The van der Waals surface area contributed by atoms with E-state index in [4.69, 9.17) is 0 Å². The molecule has 1 aromatic heterocycles. The van der Waals surface area contributed by atoms with Crippen LogP contribution >= 0.6 is 0 Å². The first-order chi connectivity index (χ1) is 12.4. The molecule has 0 fully saturated rings. The van der Waals surface area contributed by atoms with Gasteiger partial charge in [0.1, 0.15) is 5.82 Å². The van der Waals surface area contributed by atoms with Crippen LogP contribution in [0.4, 0.5) is 30.6 Å². The predicted octanol–water partition coefficient (Wildman–Crippen LogP) is 5.41. The summed E-state index contributed by atoms with van der Waals surface area (Å²) in [7, 11) is 0. The topological polar surface area (TPSA) is 49.8 Å². The van der Waals surface area contributed by atoms with Crippen LogP contribution in [0.5, 0.6) is 0 Å². The standard InChI is InChI=1S/C19H17F3N4/c1-13(14-5-3-2-4-6-14)24-18-23-12-11-17(26-18)25-16-9-7-15(8-10-16)19(20,21)22/h2-13H,1H3,(H2,23,24,25,26). The molecule has 0 radical (unpaired) electrons. The Morgan fingerprint density at radius 3 is 2.27 bits per heavy atom. The monoisotopic (exact) mass is 358 g/mol. The van der Waals surface area contributed by atoms with Crippen LogP contribution in [-0.4, -0.2) is 9.97 Å². The Labute approximate surface area is 149 Å². The Hall–Kier alpha value is -3.09. The number of anilines is 3. The minimum absolute atomic E-state index is 0.0116. The van der Waals surface area contributed by atoms with Gasteiger partial charge in [-0.2, -0.15) is 18.2 Å². The molecule has 1 heterocycles. The molecule has 0 bridgehead atoms. The molecule has 4 nitrogen and oxygen atoms in total. The van der Waals surface area contributed by atoms with Crippen LogP contribution in [0.3, 0.4) is 0 Å². The van der Waals surface area contributed by atoms with Crippen molar-refractivity contribution in [3.8, 4) is 0 Å². The molecular weight excluding hydrogens is 341 g/mol. The summed E-state index contributed by atoms with van der Waals surface area (Å²) in [6, 6.07) is 16.3. The summed E-state index contributed by atoms with van der Waals surface area (Å²) in [5, 5.41) is 6.18. The summed E-state index contributed by atoms with van der Waals surface area (Å²) in [6.45, 7) is 1.99. The molecule has 0 spiro atoms. The number of hydrogen-bond donors (Lipinski definition) is 2. The van der Waals surface area contributed by atoms with Gasteiger partial charge in [-0.1, -0.05) is 30.3 Å². The van der Waals surface area contributed by atoms with Crippen molar-refractivity contribution in [1.29, 1.82) is 0 Å². The number of halogens is 3. The first-order valence-corrected chi connectivity index (χ1v) is 8.00. The zero-order valence-electron chi connectivity index (χ0n) is 14.0. The third kappa shape index (κ3) is 4.50. The van der Waals surface area contributed by atoms with Crippen molar-refractivity contribution in [2.45, 2.75) is 19.1 Å². The second kappa shape index (κ2) is 7.43. The highest BCUT2D eigenvalue weighted by Gasteiger charge is 2.29. The molecule has 2 aromatic carbocycles. The Morgan fingerprint density at radius 1 is 0.923 bits per heavy atom. The Kier molecular flexibility index (Phi) is 5.06. The van der Waals surface area contributed by atoms with Crippen LogP contribution in [0.15, 0.2) is 66.9 Å². The zero-order chi connectivity index (χ0) is 18.6. The van der Waals surface area contributed by atoms with E-state index in [0.29, 0.717) is 17.5 Å². The van der Waals surface area contributed by atoms with Crippen LogP contribution in [0.25, 0.3) is 0 Å². The van der Waals surface area contributed by atoms with E-state index < -0.39 is 11.7 Å². The Bertz CT molecular complexity index is 849. The van der Waals surface area contributed by atoms with E-state index in [1.165, 1.54) is 12.1 Å². The summed E-state index contributed by atoms with van der Waals surface area (Å²) >= 11 is 0. The fourth-order valence-electron chi connectivity index (χ4n) is 2.41. The first-order valence-electron chi connectivity index (χ1n) is 8.00. The molecule has 0 aliphatic rings. The molecule has 26 heavy (non-hydrogen) atoms. The maximum atomic E-state index is 12.6. The third-order valence-electron chi connectivity index (χ3n) is 3.79. The second-order valence-electron chi connectivity index (χ2n) is 5.74. The molecule has 1 unspecified atom stereocenters. The lowest BCUT2D eigenvalue weighted by Crippen LogP contribution is -2.10. The Balaban J connectivity index is 1.69. The number of rotatable bonds is 5. The lowest BCUT2D eigenvalue weighted by molar-refractivity contribution is -0.137. The van der Waals surface area contributed by atoms with Crippen LogP contribution < -0.4 is 10.6 Å². The number of nitrogens with one attached hydrogen (secondary N) is 2. The van der Waals surface area contributed by atoms with Crippen molar-refractivity contribution in [2.24, 2.45) is 0 Å². The van der Waals surface area contributed by atoms with E-state index in [9.17, 15) is 13.2 Å². The van der Waals surface area contributed by atoms with Gasteiger partial charge in [-0.25, -0.2) is 4.98 Å². The minimum atomic E-state index is -4.35. The smallest absolute Gasteiger partial charge is 0.348 e. The molecule has 0 aliphatic carbocycles. The molecule has 2 N–H and O–H groups in total. The summed E-state index contributed by atoms with van der Waals surface area (Å²) in [5.41, 5.74) is 0.917. The first kappa shape index (κ1) is 17.7. The second-order valence-corrected chi connectivity index (χ2v) is 5.74. The van der Waals surface area contributed by atoms with E-state index in [1.807, 2.05) is 37.3 Å². The molecule has 7 heteroatoms. The maximum Gasteiger partial charge on any atom is 0.416 e. The van der Waals surface area contributed by atoms with Crippen molar-refractivity contribution in [3.63, 3.8) is 0 Å². The van der Waals surface area contributed by atoms with Crippen LogP contribution in [0.2, 0.25) is 0 Å². The van der Waals surface area contributed by atoms with Crippen molar-refractivity contribution >= 4 is 17.5 Å². The molecule has 1 atom stereocenters. The largest absolute Gasteiger partial charge is 0.416 e. The molecular formula is C19H17F3N4. The van der Waals surface area contributed by atoms with Gasteiger partial charge in [0.15, 0.2) is 0 Å². The van der Waals surface area contributed by atoms with Gasteiger partial charge in [-0.05, 0) is 42.8 Å². The molecule has 3 aromatic rings. The van der Waals surface area contributed by atoms with Gasteiger partial charge >= 0.3 is 6.18 Å². The van der Waals surface area contributed by atoms with Gasteiger partial charge in [0.05, 0.1) is 11.6 Å². The number of aromatic nitrogens is 2. The van der Waals surface area contributed by atoms with Crippen LogP contribution in [0, 0.1) is 0 Å². The van der Waals surface area contributed by atoms with Gasteiger partial charge in [0, 0.05) is 11.9 Å². The van der Waals surface area contributed by atoms with Gasteiger partial charge in [-0.15, -0.1) is 0 Å². The van der Waals surface area contributed by atoms with Crippen molar-refractivity contribution in [3.05, 3.63) is 78.0 Å². The van der Waals surface area contributed by atoms with Gasteiger partial charge in [-0.3, -0.25) is 0 Å². The number of hydrogen-bond acceptors (Lipinski definition) is 4. The highest BCUT2D eigenvalue weighted by atomic mass is 19.4. The third-order valence-corrected chi connectivity index (χ3v) is 3.79. The van der Waals surface area contributed by atoms with Gasteiger partial charge in [0.25, 0.3) is 0 Å². The van der Waals surface area contributed by atoms with Crippen molar-refractivity contribution in [2.75, 3.05) is 10.6 Å². The highest BCUT2D eigenvalue weighted by Crippen LogP contribution is 2.30. The van der Waals surface area contributed by atoms with Crippen molar-refractivity contribution in [1.82, 2.24) is 9.97 Å². The average molecular weight is 358 g/mol. The quantitative estimate of drug-likeness (QED) is 0.640. The van der Waals surface area contributed by atoms with E-state index in [-0.39, 0.29) is 6.04 Å². The average Bonchev–Trinajstić information content (AvgIpc) is 2.62. The lowest BCUT2D eigenvalue weighted by atomic mass is 10.1. The van der Waals surface area contributed by atoms with E-state index in [1.54, 1.807) is 12.3 Å². The number of benzene rings is 2. The number of alkyl halides is 3. The zero-order valence-corrected chi connectivity index (χ0v) is 14.0. The normalized spacial score (nSPS) is 12.5. The molecule has 0 amide bonds. The summed E-state index contributed by atoms with van der Waals surface area (Å²) in [5.74, 6) is 0.917. The van der Waals surface area contributed by atoms with Crippen LogP contribution in [-0.2, 0) is 6.18 Å². The summed E-state index contributed by atoms with van der Waals surface area (Å²) in [6.07, 6.45) is -2.77. The predicted molar refractivity (Wildman–Crippen MR) is 95.2 cm³/mol. The fraction of sp³-hybridized carbons (Fsp3) is 0.158. The highest BCUT2D eigenvalue weighted by molar-refractivity contribution is 5.57. The lowest BCUT2D eigenvalue weighted by Gasteiger charge is -2.15.